The Morgan fingerprint density at radius 3 is 2.81 bits per heavy atom. The molecule has 2 saturated heterocycles. The second-order valence-corrected chi connectivity index (χ2v) is 8.10. The third kappa shape index (κ3) is 3.56. The Hall–Kier alpha value is -1.70. The zero-order valence-corrected chi connectivity index (χ0v) is 16.1. The van der Waals surface area contributed by atoms with Crippen LogP contribution in [0.15, 0.2) is 23.8 Å². The van der Waals surface area contributed by atoms with E-state index < -0.39 is 42.1 Å². The molecule has 2 bridgehead atoms. The first kappa shape index (κ1) is 20.0. The zero-order valence-electron chi connectivity index (χ0n) is 16.1. The Balaban J connectivity index is 2.03. The molecule has 2 N–H and O–H groups in total. The van der Waals surface area contributed by atoms with E-state index in [9.17, 15) is 19.8 Å². The predicted octanol–water partition coefficient (Wildman–Crippen LogP) is 1.62. The maximum atomic E-state index is 12.5. The van der Waals surface area contributed by atoms with E-state index >= 15 is 0 Å². The van der Waals surface area contributed by atoms with Gasteiger partial charge in [0.15, 0.2) is 5.79 Å². The summed E-state index contributed by atoms with van der Waals surface area (Å²) in [5, 5.41) is 20.7. The Morgan fingerprint density at radius 2 is 2.19 bits per heavy atom. The van der Waals surface area contributed by atoms with Crippen molar-refractivity contribution in [3.63, 3.8) is 0 Å². The second-order valence-electron chi connectivity index (χ2n) is 8.10. The van der Waals surface area contributed by atoms with Crippen molar-refractivity contribution in [2.45, 2.75) is 70.1 Å². The van der Waals surface area contributed by atoms with E-state index in [4.69, 9.17) is 14.2 Å². The normalized spacial score (nSPS) is 41.5. The van der Waals surface area contributed by atoms with Crippen molar-refractivity contribution in [1.82, 2.24) is 0 Å². The Kier molecular flexibility index (Phi) is 5.22. The minimum Gasteiger partial charge on any atom is -0.461 e. The summed E-state index contributed by atoms with van der Waals surface area (Å²) < 4.78 is 17.2. The Labute approximate surface area is 159 Å². The highest BCUT2D eigenvalue weighted by Crippen LogP contribution is 2.47. The maximum Gasteiger partial charge on any atom is 0.334 e. The highest BCUT2D eigenvalue weighted by Gasteiger charge is 2.54. The lowest BCUT2D eigenvalue weighted by molar-refractivity contribution is -0.206. The van der Waals surface area contributed by atoms with Gasteiger partial charge in [0.2, 0.25) is 0 Å². The summed E-state index contributed by atoms with van der Waals surface area (Å²) in [5.74, 6) is -3.40. The molecule has 7 nitrogen and oxygen atoms in total. The topological polar surface area (TPSA) is 102 Å². The van der Waals surface area contributed by atoms with E-state index in [0.29, 0.717) is 25.7 Å². The second kappa shape index (κ2) is 7.04. The standard InChI is InChI=1S/C20H28O7/c1-5-11(2)17(22)26-15-9-19(4)6-7-20(24,27-19)13(10-21)8-14-16(15)12(3)18(23)25-14/h8,11,14-16,21,24H,3,5-7,9-10H2,1-2,4H3/b13-8-/t11-,14-,15-,16+,19-,20+/m1/s1. The van der Waals surface area contributed by atoms with Crippen molar-refractivity contribution in [3.05, 3.63) is 23.8 Å². The van der Waals surface area contributed by atoms with Crippen LogP contribution >= 0.6 is 0 Å². The summed E-state index contributed by atoms with van der Waals surface area (Å²) >= 11 is 0. The molecule has 7 heteroatoms. The minimum atomic E-state index is -1.63. The van der Waals surface area contributed by atoms with Crippen LogP contribution in [0.4, 0.5) is 0 Å². The molecule has 6 atom stereocenters. The minimum absolute atomic E-state index is 0.226. The molecule has 0 aromatic carbocycles. The summed E-state index contributed by atoms with van der Waals surface area (Å²) in [6, 6.07) is 0. The van der Waals surface area contributed by atoms with Crippen LogP contribution in [0.1, 0.15) is 46.5 Å². The number of hydrogen-bond acceptors (Lipinski definition) is 7. The van der Waals surface area contributed by atoms with E-state index in [1.165, 1.54) is 6.08 Å². The number of aliphatic hydroxyl groups is 2. The molecule has 150 valence electrons. The van der Waals surface area contributed by atoms with Crippen LogP contribution in [0.5, 0.6) is 0 Å². The number of fused-ring (bicyclic) bond motifs is 3. The molecule has 3 heterocycles. The molecule has 0 unspecified atom stereocenters. The molecule has 0 saturated carbocycles. The van der Waals surface area contributed by atoms with Gasteiger partial charge in [0, 0.05) is 24.0 Å². The Bertz CT molecular complexity index is 684. The smallest absolute Gasteiger partial charge is 0.334 e. The van der Waals surface area contributed by atoms with Gasteiger partial charge in [-0.3, -0.25) is 4.79 Å². The highest BCUT2D eigenvalue weighted by molar-refractivity contribution is 5.91. The molecule has 0 spiro atoms. The van der Waals surface area contributed by atoms with Crippen molar-refractivity contribution in [2.75, 3.05) is 6.61 Å². The first-order valence-electron chi connectivity index (χ1n) is 9.47. The van der Waals surface area contributed by atoms with Crippen LogP contribution in [0.3, 0.4) is 0 Å². The van der Waals surface area contributed by atoms with Crippen LogP contribution in [0, 0.1) is 11.8 Å². The fourth-order valence-corrected chi connectivity index (χ4v) is 4.10. The quantitative estimate of drug-likeness (QED) is 0.434. The molecule has 0 aromatic heterocycles. The van der Waals surface area contributed by atoms with Gasteiger partial charge in [0.25, 0.3) is 0 Å². The molecular formula is C20H28O7. The van der Waals surface area contributed by atoms with Gasteiger partial charge >= 0.3 is 11.9 Å². The molecule has 3 aliphatic rings. The van der Waals surface area contributed by atoms with Gasteiger partial charge in [0.1, 0.15) is 12.2 Å². The summed E-state index contributed by atoms with van der Waals surface area (Å²) in [6.07, 6.45) is 1.81. The molecule has 0 radical (unpaired) electrons. The molecule has 3 aliphatic heterocycles. The molecule has 3 rings (SSSR count). The number of ether oxygens (including phenoxy) is 3. The zero-order chi connectivity index (χ0) is 20.0. The van der Waals surface area contributed by atoms with Gasteiger partial charge in [-0.05, 0) is 25.8 Å². The van der Waals surface area contributed by atoms with Crippen LogP contribution in [-0.4, -0.2) is 52.4 Å². The average molecular weight is 380 g/mol. The molecule has 27 heavy (non-hydrogen) atoms. The van der Waals surface area contributed by atoms with Crippen molar-refractivity contribution in [1.29, 1.82) is 0 Å². The van der Waals surface area contributed by atoms with Crippen molar-refractivity contribution in [2.24, 2.45) is 11.8 Å². The van der Waals surface area contributed by atoms with Crippen LogP contribution in [0.2, 0.25) is 0 Å². The molecule has 0 amide bonds. The number of esters is 2. The molecule has 2 fully saturated rings. The summed E-state index contributed by atoms with van der Waals surface area (Å²) in [5.41, 5.74) is -0.300. The molecule has 0 aromatic rings. The van der Waals surface area contributed by atoms with E-state index in [1.807, 2.05) is 13.8 Å². The lowest BCUT2D eigenvalue weighted by Gasteiger charge is -2.33. The number of hydrogen-bond donors (Lipinski definition) is 2. The average Bonchev–Trinajstić information content (AvgIpc) is 3.08. The summed E-state index contributed by atoms with van der Waals surface area (Å²) in [4.78, 5) is 24.6. The first-order valence-corrected chi connectivity index (χ1v) is 9.47. The number of rotatable bonds is 4. The monoisotopic (exact) mass is 380 g/mol. The van der Waals surface area contributed by atoms with E-state index in [0.717, 1.165) is 0 Å². The van der Waals surface area contributed by atoms with Crippen LogP contribution < -0.4 is 0 Å². The van der Waals surface area contributed by atoms with Gasteiger partial charge in [-0.1, -0.05) is 20.4 Å². The fraction of sp³-hybridized carbons (Fsp3) is 0.700. The van der Waals surface area contributed by atoms with Gasteiger partial charge in [-0.25, -0.2) is 4.79 Å². The highest BCUT2D eigenvalue weighted by atomic mass is 16.6. The first-order chi connectivity index (χ1) is 12.6. The van der Waals surface area contributed by atoms with Gasteiger partial charge in [0.05, 0.1) is 24.0 Å². The molecule has 0 aliphatic carbocycles. The fourth-order valence-electron chi connectivity index (χ4n) is 4.10. The predicted molar refractivity (Wildman–Crippen MR) is 95.3 cm³/mol. The van der Waals surface area contributed by atoms with E-state index in [1.54, 1.807) is 6.92 Å². The summed E-state index contributed by atoms with van der Waals surface area (Å²) in [7, 11) is 0. The number of aliphatic hydroxyl groups excluding tert-OH is 1. The van der Waals surface area contributed by atoms with E-state index in [2.05, 4.69) is 6.58 Å². The van der Waals surface area contributed by atoms with Crippen molar-refractivity contribution in [3.8, 4) is 0 Å². The SMILES string of the molecule is C=C1C(=O)O[C@@H]2/C=C(/CO)[C@]3(O)CC[C@](C)(C[C@@H](OC(=O)[C@H](C)CC)[C@@H]12)O3. The Morgan fingerprint density at radius 1 is 1.48 bits per heavy atom. The lowest BCUT2D eigenvalue weighted by Crippen LogP contribution is -2.41. The number of carbonyl (C=O) groups excluding carboxylic acids is 2. The number of carbonyl (C=O) groups is 2. The van der Waals surface area contributed by atoms with Crippen LogP contribution in [-0.2, 0) is 23.8 Å². The lowest BCUT2D eigenvalue weighted by atomic mass is 9.81. The van der Waals surface area contributed by atoms with Crippen molar-refractivity contribution < 1.29 is 34.0 Å². The maximum absolute atomic E-state index is 12.5. The van der Waals surface area contributed by atoms with Gasteiger partial charge in [-0.2, -0.15) is 0 Å². The van der Waals surface area contributed by atoms with Gasteiger partial charge < -0.3 is 24.4 Å². The third-order valence-electron chi connectivity index (χ3n) is 6.02. The van der Waals surface area contributed by atoms with Gasteiger partial charge in [-0.15, -0.1) is 0 Å². The van der Waals surface area contributed by atoms with Crippen LogP contribution in [0.25, 0.3) is 0 Å². The summed E-state index contributed by atoms with van der Waals surface area (Å²) in [6.45, 7) is 8.93. The third-order valence-corrected chi connectivity index (χ3v) is 6.02. The largest absolute Gasteiger partial charge is 0.461 e. The van der Waals surface area contributed by atoms with Crippen molar-refractivity contribution >= 4 is 11.9 Å². The molecular weight excluding hydrogens is 352 g/mol. The van der Waals surface area contributed by atoms with E-state index in [-0.39, 0.29) is 23.0 Å².